The fourth-order valence-corrected chi connectivity index (χ4v) is 4.19. The van der Waals surface area contributed by atoms with Crippen LogP contribution in [0, 0.1) is 13.8 Å². The molecular formula is C19H24N2O3S. The van der Waals surface area contributed by atoms with Crippen LogP contribution in [0.3, 0.4) is 0 Å². The van der Waals surface area contributed by atoms with E-state index in [4.69, 9.17) is 4.42 Å². The molecule has 1 unspecified atom stereocenters. The molecule has 0 radical (unpaired) electrons. The molecule has 1 aromatic heterocycles. The first-order valence-electron chi connectivity index (χ1n) is 8.38. The molecule has 0 aliphatic carbocycles. The van der Waals surface area contributed by atoms with Gasteiger partial charge >= 0.3 is 0 Å². The molecule has 2 heterocycles. The van der Waals surface area contributed by atoms with Gasteiger partial charge in [0.15, 0.2) is 5.76 Å². The lowest BCUT2D eigenvalue weighted by Gasteiger charge is -2.27. The highest BCUT2D eigenvalue weighted by Crippen LogP contribution is 2.31. The Morgan fingerprint density at radius 1 is 1.28 bits per heavy atom. The molecule has 0 spiro atoms. The number of nitrogens with one attached hydrogen (secondary N) is 1. The van der Waals surface area contributed by atoms with E-state index in [2.05, 4.69) is 5.32 Å². The predicted molar refractivity (Wildman–Crippen MR) is 101 cm³/mol. The van der Waals surface area contributed by atoms with Crippen LogP contribution in [0.5, 0.6) is 0 Å². The van der Waals surface area contributed by atoms with Crippen molar-refractivity contribution >= 4 is 34.5 Å². The minimum atomic E-state index is -0.467. The van der Waals surface area contributed by atoms with Gasteiger partial charge in [0.2, 0.25) is 5.91 Å². The average Bonchev–Trinajstić information content (AvgIpc) is 3.11. The molecule has 1 atom stereocenters. The van der Waals surface area contributed by atoms with Gasteiger partial charge in [-0.15, -0.1) is 11.8 Å². The number of aryl methyl sites for hydroxylation is 2. The molecule has 25 heavy (non-hydrogen) atoms. The van der Waals surface area contributed by atoms with Crippen molar-refractivity contribution in [3.05, 3.63) is 35.1 Å². The van der Waals surface area contributed by atoms with Crippen molar-refractivity contribution in [2.24, 2.45) is 0 Å². The monoisotopic (exact) mass is 360 g/mol. The maximum absolute atomic E-state index is 13.1. The smallest absolute Gasteiger partial charge is 0.291 e. The Morgan fingerprint density at radius 2 is 2.00 bits per heavy atom. The van der Waals surface area contributed by atoms with E-state index < -0.39 is 6.04 Å². The van der Waals surface area contributed by atoms with E-state index in [1.54, 1.807) is 16.7 Å². The molecule has 1 saturated heterocycles. The fraction of sp³-hybridized carbons (Fsp3) is 0.474. The maximum Gasteiger partial charge on any atom is 0.291 e. The Labute approximate surface area is 152 Å². The lowest BCUT2D eigenvalue weighted by molar-refractivity contribution is -0.125. The predicted octanol–water partition coefficient (Wildman–Crippen LogP) is 3.48. The van der Waals surface area contributed by atoms with E-state index in [0.29, 0.717) is 17.4 Å². The van der Waals surface area contributed by atoms with Gasteiger partial charge in [0, 0.05) is 22.2 Å². The van der Waals surface area contributed by atoms with Gasteiger partial charge in [-0.05, 0) is 40.2 Å². The molecule has 1 aliphatic heterocycles. The van der Waals surface area contributed by atoms with E-state index in [1.165, 1.54) is 0 Å². The fourth-order valence-electron chi connectivity index (χ4n) is 3.03. The summed E-state index contributed by atoms with van der Waals surface area (Å²) < 4.78 is 5.90. The van der Waals surface area contributed by atoms with Gasteiger partial charge in [-0.1, -0.05) is 18.2 Å². The number of furan rings is 1. The number of carbonyl (C=O) groups is 2. The molecule has 3 rings (SSSR count). The van der Waals surface area contributed by atoms with Gasteiger partial charge in [-0.3, -0.25) is 9.59 Å². The van der Waals surface area contributed by atoms with E-state index >= 15 is 0 Å². The van der Waals surface area contributed by atoms with Gasteiger partial charge in [0.1, 0.15) is 11.6 Å². The second-order valence-corrected chi connectivity index (χ2v) is 8.54. The van der Waals surface area contributed by atoms with Gasteiger partial charge < -0.3 is 14.6 Å². The van der Waals surface area contributed by atoms with Crippen LogP contribution in [0.1, 0.15) is 42.5 Å². The molecule has 2 amide bonds. The Balaban J connectivity index is 1.91. The number of hydrogen-bond donors (Lipinski definition) is 1. The zero-order valence-corrected chi connectivity index (χ0v) is 16.1. The molecule has 6 heteroatoms. The molecule has 1 fully saturated rings. The van der Waals surface area contributed by atoms with Crippen LogP contribution in [0.2, 0.25) is 0 Å². The SMILES string of the molecule is Cc1c(C(=O)N2CSCC2C(=O)NC(C)(C)C)oc2c(C)cccc12. The van der Waals surface area contributed by atoms with E-state index in [0.717, 1.165) is 22.1 Å². The lowest BCUT2D eigenvalue weighted by Crippen LogP contribution is -2.52. The minimum Gasteiger partial charge on any atom is -0.450 e. The quantitative estimate of drug-likeness (QED) is 0.891. The molecule has 1 N–H and O–H groups in total. The molecular weight excluding hydrogens is 336 g/mol. The molecule has 2 aromatic rings. The highest BCUT2D eigenvalue weighted by atomic mass is 32.2. The number of hydrogen-bond acceptors (Lipinski definition) is 4. The number of amides is 2. The molecule has 0 bridgehead atoms. The highest BCUT2D eigenvalue weighted by molar-refractivity contribution is 7.99. The standard InChI is InChI=1S/C19H24N2O3S/c1-11-7-6-8-13-12(2)16(24-15(11)13)18(23)21-10-25-9-14(21)17(22)20-19(3,4)5/h6-8,14H,9-10H2,1-5H3,(H,20,22). The first-order chi connectivity index (χ1) is 11.7. The third-order valence-corrected chi connectivity index (χ3v) is 5.31. The largest absolute Gasteiger partial charge is 0.450 e. The summed E-state index contributed by atoms with van der Waals surface area (Å²) in [5.74, 6) is 1.10. The van der Waals surface area contributed by atoms with E-state index in [-0.39, 0.29) is 17.4 Å². The maximum atomic E-state index is 13.1. The molecule has 5 nitrogen and oxygen atoms in total. The van der Waals surface area contributed by atoms with Crippen molar-refractivity contribution in [2.45, 2.75) is 46.2 Å². The summed E-state index contributed by atoms with van der Waals surface area (Å²) in [6, 6.07) is 5.41. The topological polar surface area (TPSA) is 62.6 Å². The summed E-state index contributed by atoms with van der Waals surface area (Å²) in [5, 5.41) is 3.92. The number of fused-ring (bicyclic) bond motifs is 1. The molecule has 1 aromatic carbocycles. The number of rotatable bonds is 2. The third-order valence-electron chi connectivity index (χ3n) is 4.30. The second kappa shape index (κ2) is 6.41. The Morgan fingerprint density at radius 3 is 2.64 bits per heavy atom. The number of benzene rings is 1. The molecule has 1 aliphatic rings. The summed E-state index contributed by atoms with van der Waals surface area (Å²) in [6.07, 6.45) is 0. The zero-order valence-electron chi connectivity index (χ0n) is 15.3. The van der Waals surface area contributed by atoms with Crippen LogP contribution >= 0.6 is 11.8 Å². The molecule has 0 saturated carbocycles. The zero-order chi connectivity index (χ0) is 18.4. The van der Waals surface area contributed by atoms with Crippen molar-refractivity contribution in [3.63, 3.8) is 0 Å². The summed E-state index contributed by atoms with van der Waals surface area (Å²) in [6.45, 7) is 9.67. The molecule has 134 valence electrons. The van der Waals surface area contributed by atoms with E-state index in [1.807, 2.05) is 52.8 Å². The van der Waals surface area contributed by atoms with Crippen LogP contribution in [0.4, 0.5) is 0 Å². The van der Waals surface area contributed by atoms with E-state index in [9.17, 15) is 9.59 Å². The van der Waals surface area contributed by atoms with Crippen molar-refractivity contribution in [1.29, 1.82) is 0 Å². The van der Waals surface area contributed by atoms with Crippen molar-refractivity contribution in [1.82, 2.24) is 10.2 Å². The van der Waals surface area contributed by atoms with Crippen LogP contribution in [0.15, 0.2) is 22.6 Å². The van der Waals surface area contributed by atoms with Gasteiger partial charge in [0.05, 0.1) is 5.88 Å². The van der Waals surface area contributed by atoms with Crippen LogP contribution in [-0.4, -0.2) is 39.9 Å². The second-order valence-electron chi connectivity index (χ2n) is 7.54. The van der Waals surface area contributed by atoms with Crippen molar-refractivity contribution in [2.75, 3.05) is 11.6 Å². The van der Waals surface area contributed by atoms with Crippen molar-refractivity contribution < 1.29 is 14.0 Å². The summed E-state index contributed by atoms with van der Waals surface area (Å²) in [5.41, 5.74) is 2.24. The third kappa shape index (κ3) is 3.40. The normalized spacial score (nSPS) is 18.0. The number of thioether (sulfide) groups is 1. The van der Waals surface area contributed by atoms with Gasteiger partial charge in [-0.25, -0.2) is 0 Å². The van der Waals surface area contributed by atoms with Gasteiger partial charge in [0.25, 0.3) is 5.91 Å². The first-order valence-corrected chi connectivity index (χ1v) is 9.54. The Bertz CT molecular complexity index is 835. The number of carbonyl (C=O) groups excluding carboxylic acids is 2. The summed E-state index contributed by atoms with van der Waals surface area (Å²) in [4.78, 5) is 27.3. The lowest BCUT2D eigenvalue weighted by atomic mass is 10.1. The van der Waals surface area contributed by atoms with Crippen LogP contribution in [0.25, 0.3) is 11.0 Å². The van der Waals surface area contributed by atoms with Crippen LogP contribution in [-0.2, 0) is 4.79 Å². The first kappa shape index (κ1) is 17.9. The Hall–Kier alpha value is -1.95. The van der Waals surface area contributed by atoms with Crippen molar-refractivity contribution in [3.8, 4) is 0 Å². The number of nitrogens with zero attached hydrogens (tertiary/aromatic N) is 1. The average molecular weight is 360 g/mol. The summed E-state index contributed by atoms with van der Waals surface area (Å²) >= 11 is 1.59. The minimum absolute atomic E-state index is 0.115. The number of para-hydroxylation sites is 1. The highest BCUT2D eigenvalue weighted by Gasteiger charge is 2.38. The summed E-state index contributed by atoms with van der Waals surface area (Å²) in [7, 11) is 0. The van der Waals surface area contributed by atoms with Gasteiger partial charge in [-0.2, -0.15) is 0 Å². The Kier molecular flexibility index (Phi) is 4.58. The van der Waals surface area contributed by atoms with Crippen LogP contribution < -0.4 is 5.32 Å².